The van der Waals surface area contributed by atoms with Crippen LogP contribution in [0.25, 0.3) is 0 Å². The number of carboxylic acids is 1. The highest BCUT2D eigenvalue weighted by atomic mass is 16.4. The quantitative estimate of drug-likeness (QED) is 0.497. The molecule has 0 rings (SSSR count). The van der Waals surface area contributed by atoms with Crippen LogP contribution in [0.2, 0.25) is 0 Å². The average molecular weight is 172 g/mol. The van der Waals surface area contributed by atoms with E-state index in [1.54, 1.807) is 13.8 Å². The minimum absolute atomic E-state index is 0.0660. The van der Waals surface area contributed by atoms with E-state index in [0.717, 1.165) is 0 Å². The number of rotatable bonds is 3. The minimum atomic E-state index is -1.09. The molecule has 0 aromatic carbocycles. The number of hydrogen-bond donors (Lipinski definition) is 3. The van der Waals surface area contributed by atoms with Gasteiger partial charge in [-0.3, -0.25) is 9.59 Å². The number of carboxylic acid groups (broad SMARTS) is 1. The Hall–Kier alpha value is -1.52. The molecular formula is C7H12N2O3. The molecule has 0 aromatic rings. The fourth-order valence-electron chi connectivity index (χ4n) is 0.478. The molecule has 0 bridgehead atoms. The van der Waals surface area contributed by atoms with Crippen molar-refractivity contribution in [2.75, 3.05) is 6.54 Å². The Morgan fingerprint density at radius 3 is 2.25 bits per heavy atom. The summed E-state index contributed by atoms with van der Waals surface area (Å²) in [4.78, 5) is 21.0. The lowest BCUT2D eigenvalue weighted by atomic mass is 10.2. The van der Waals surface area contributed by atoms with Crippen LogP contribution >= 0.6 is 0 Å². The van der Waals surface area contributed by atoms with Crippen molar-refractivity contribution in [3.63, 3.8) is 0 Å². The second-order valence-electron chi connectivity index (χ2n) is 2.49. The largest absolute Gasteiger partial charge is 0.480 e. The van der Waals surface area contributed by atoms with E-state index in [2.05, 4.69) is 5.32 Å². The van der Waals surface area contributed by atoms with Crippen molar-refractivity contribution in [3.05, 3.63) is 11.3 Å². The van der Waals surface area contributed by atoms with Crippen LogP contribution in [0.3, 0.4) is 0 Å². The fraction of sp³-hybridized carbons (Fsp3) is 0.429. The minimum Gasteiger partial charge on any atom is -0.480 e. The van der Waals surface area contributed by atoms with Crippen molar-refractivity contribution < 1.29 is 14.7 Å². The number of carbonyl (C=O) groups excluding carboxylic acids is 1. The first kappa shape index (κ1) is 10.5. The zero-order chi connectivity index (χ0) is 9.72. The fourth-order valence-corrected chi connectivity index (χ4v) is 0.478. The first-order chi connectivity index (χ1) is 5.45. The lowest BCUT2D eigenvalue weighted by Gasteiger charge is -2.03. The first-order valence-corrected chi connectivity index (χ1v) is 3.38. The molecule has 5 heteroatoms. The standard InChI is InChI=1S/C7H12N2O3/c1-4(2)6(8)7(12)9-3-5(10)11/h3,8H2,1-2H3,(H,9,12)(H,10,11). The summed E-state index contributed by atoms with van der Waals surface area (Å²) in [5.74, 6) is -1.64. The number of nitrogens with two attached hydrogens (primary N) is 1. The molecule has 0 saturated carbocycles. The monoisotopic (exact) mass is 172 g/mol. The summed E-state index contributed by atoms with van der Waals surface area (Å²) in [6.45, 7) is 2.94. The van der Waals surface area contributed by atoms with Crippen LogP contribution in [0.5, 0.6) is 0 Å². The number of carbonyl (C=O) groups is 2. The van der Waals surface area contributed by atoms with Gasteiger partial charge in [0.1, 0.15) is 6.54 Å². The van der Waals surface area contributed by atoms with Gasteiger partial charge in [0.25, 0.3) is 5.91 Å². The lowest BCUT2D eigenvalue weighted by molar-refractivity contribution is -0.137. The maximum atomic E-state index is 10.9. The van der Waals surface area contributed by atoms with E-state index in [9.17, 15) is 9.59 Å². The molecule has 0 fully saturated rings. The van der Waals surface area contributed by atoms with Crippen molar-refractivity contribution in [1.82, 2.24) is 5.32 Å². The van der Waals surface area contributed by atoms with Gasteiger partial charge < -0.3 is 16.2 Å². The molecule has 0 spiro atoms. The van der Waals surface area contributed by atoms with Crippen molar-refractivity contribution >= 4 is 11.9 Å². The van der Waals surface area contributed by atoms with E-state index in [-0.39, 0.29) is 5.70 Å². The number of aliphatic carboxylic acids is 1. The Labute approximate surface area is 70.2 Å². The highest BCUT2D eigenvalue weighted by Crippen LogP contribution is 1.94. The molecule has 12 heavy (non-hydrogen) atoms. The number of amides is 1. The summed E-state index contributed by atoms with van der Waals surface area (Å²) in [7, 11) is 0. The summed E-state index contributed by atoms with van der Waals surface area (Å²) in [5, 5.41) is 10.4. The smallest absolute Gasteiger partial charge is 0.322 e. The first-order valence-electron chi connectivity index (χ1n) is 3.38. The Morgan fingerprint density at radius 1 is 1.42 bits per heavy atom. The van der Waals surface area contributed by atoms with Gasteiger partial charge in [-0.15, -0.1) is 0 Å². The molecule has 0 aliphatic carbocycles. The topological polar surface area (TPSA) is 92.4 Å². The molecule has 0 heterocycles. The van der Waals surface area contributed by atoms with Gasteiger partial charge in [-0.1, -0.05) is 0 Å². The van der Waals surface area contributed by atoms with Crippen molar-refractivity contribution in [1.29, 1.82) is 0 Å². The molecule has 5 nitrogen and oxygen atoms in total. The molecule has 0 aliphatic rings. The number of hydrogen-bond acceptors (Lipinski definition) is 3. The molecule has 0 atom stereocenters. The maximum absolute atomic E-state index is 10.9. The SMILES string of the molecule is CC(C)=C(N)C(=O)NCC(=O)O. The highest BCUT2D eigenvalue weighted by Gasteiger charge is 2.07. The molecular weight excluding hydrogens is 160 g/mol. The Kier molecular flexibility index (Phi) is 3.82. The van der Waals surface area contributed by atoms with Crippen LogP contribution in [0.4, 0.5) is 0 Å². The third kappa shape index (κ3) is 3.60. The molecule has 1 amide bonds. The third-order valence-electron chi connectivity index (χ3n) is 1.18. The number of nitrogens with one attached hydrogen (secondary N) is 1. The second kappa shape index (κ2) is 4.38. The summed E-state index contributed by atoms with van der Waals surface area (Å²) in [6.07, 6.45) is 0. The van der Waals surface area contributed by atoms with Gasteiger partial charge in [0, 0.05) is 0 Å². The predicted molar refractivity (Wildman–Crippen MR) is 43.2 cm³/mol. The van der Waals surface area contributed by atoms with Crippen LogP contribution in [0, 0.1) is 0 Å². The van der Waals surface area contributed by atoms with Gasteiger partial charge >= 0.3 is 5.97 Å². The molecule has 0 unspecified atom stereocenters. The summed E-state index contributed by atoms with van der Waals surface area (Å²) in [6, 6.07) is 0. The Balaban J connectivity index is 4.07. The average Bonchev–Trinajstić information content (AvgIpc) is 1.98. The normalized spacial score (nSPS) is 8.83. The van der Waals surface area contributed by atoms with E-state index < -0.39 is 18.4 Å². The van der Waals surface area contributed by atoms with Crippen LogP contribution in [0.1, 0.15) is 13.8 Å². The predicted octanol–water partition coefficient (Wildman–Crippen LogP) is -0.560. The van der Waals surface area contributed by atoms with Crippen molar-refractivity contribution in [2.45, 2.75) is 13.8 Å². The maximum Gasteiger partial charge on any atom is 0.322 e. The zero-order valence-corrected chi connectivity index (χ0v) is 7.05. The van der Waals surface area contributed by atoms with Gasteiger partial charge in [0.2, 0.25) is 0 Å². The molecule has 0 radical (unpaired) electrons. The third-order valence-corrected chi connectivity index (χ3v) is 1.18. The number of allylic oxidation sites excluding steroid dienone is 1. The van der Waals surface area contributed by atoms with Gasteiger partial charge in [-0.2, -0.15) is 0 Å². The molecule has 68 valence electrons. The van der Waals surface area contributed by atoms with Gasteiger partial charge in [-0.25, -0.2) is 0 Å². The van der Waals surface area contributed by atoms with Crippen molar-refractivity contribution in [2.24, 2.45) is 5.73 Å². The van der Waals surface area contributed by atoms with E-state index in [4.69, 9.17) is 10.8 Å². The van der Waals surface area contributed by atoms with Gasteiger partial charge in [0.05, 0.1) is 5.70 Å². The van der Waals surface area contributed by atoms with Crippen LogP contribution in [-0.4, -0.2) is 23.5 Å². The summed E-state index contributed by atoms with van der Waals surface area (Å²) in [5.41, 5.74) is 6.05. The Bertz CT molecular complexity index is 229. The van der Waals surface area contributed by atoms with Crippen LogP contribution in [-0.2, 0) is 9.59 Å². The summed E-state index contributed by atoms with van der Waals surface area (Å²) < 4.78 is 0. The Morgan fingerprint density at radius 2 is 1.92 bits per heavy atom. The van der Waals surface area contributed by atoms with Crippen LogP contribution in [0.15, 0.2) is 11.3 Å². The van der Waals surface area contributed by atoms with E-state index >= 15 is 0 Å². The van der Waals surface area contributed by atoms with Gasteiger partial charge in [-0.05, 0) is 19.4 Å². The van der Waals surface area contributed by atoms with E-state index in [1.807, 2.05) is 0 Å². The molecule has 0 saturated heterocycles. The van der Waals surface area contributed by atoms with E-state index in [0.29, 0.717) is 5.57 Å². The second-order valence-corrected chi connectivity index (χ2v) is 2.49. The molecule has 4 N–H and O–H groups in total. The van der Waals surface area contributed by atoms with Gasteiger partial charge in [0.15, 0.2) is 0 Å². The molecule has 0 aromatic heterocycles. The van der Waals surface area contributed by atoms with Crippen LogP contribution < -0.4 is 11.1 Å². The zero-order valence-electron chi connectivity index (χ0n) is 7.05. The van der Waals surface area contributed by atoms with E-state index in [1.165, 1.54) is 0 Å². The lowest BCUT2D eigenvalue weighted by Crippen LogP contribution is -2.33. The van der Waals surface area contributed by atoms with Crippen molar-refractivity contribution in [3.8, 4) is 0 Å². The molecule has 0 aliphatic heterocycles. The highest BCUT2D eigenvalue weighted by molar-refractivity contribution is 5.94. The summed E-state index contributed by atoms with van der Waals surface area (Å²) >= 11 is 0.